The summed E-state index contributed by atoms with van der Waals surface area (Å²) in [5, 5.41) is 17.8. The van der Waals surface area contributed by atoms with E-state index in [1.54, 1.807) is 25.7 Å². The Bertz CT molecular complexity index is 1420. The highest BCUT2D eigenvalue weighted by molar-refractivity contribution is 7.09. The molecule has 1 aliphatic carbocycles. The number of carbonyl (C=O) groups excluding carboxylic acids is 4. The lowest BCUT2D eigenvalue weighted by molar-refractivity contribution is -0.149. The molecule has 4 N–H and O–H groups in total. The van der Waals surface area contributed by atoms with Crippen molar-refractivity contribution in [3.8, 4) is 0 Å². The van der Waals surface area contributed by atoms with E-state index in [0.29, 0.717) is 61.6 Å². The molecule has 1 saturated heterocycles. The van der Waals surface area contributed by atoms with Gasteiger partial charge in [0, 0.05) is 31.6 Å². The molecule has 2 aromatic rings. The number of nitrogens with zero attached hydrogens (tertiary/aromatic N) is 2. The van der Waals surface area contributed by atoms with Crippen LogP contribution in [0.4, 0.5) is 18.9 Å². The number of aromatic nitrogens is 1. The summed E-state index contributed by atoms with van der Waals surface area (Å²) in [5.74, 6) is -8.59. The quantitative estimate of drug-likeness (QED) is 0.272. The largest absolute Gasteiger partial charge is 0.390 e. The molecule has 0 radical (unpaired) electrons. The normalized spacial score (nSPS) is 21.7. The van der Waals surface area contributed by atoms with E-state index >= 15 is 4.39 Å². The zero-order chi connectivity index (χ0) is 34.5. The lowest BCUT2D eigenvalue weighted by Crippen LogP contribution is -2.54. The Morgan fingerprint density at radius 1 is 1.13 bits per heavy atom. The molecule has 0 spiro atoms. The Kier molecular flexibility index (Phi) is 11.7. The van der Waals surface area contributed by atoms with Crippen LogP contribution < -0.4 is 16.0 Å². The molecule has 4 rings (SSSR count). The summed E-state index contributed by atoms with van der Waals surface area (Å²) in [7, 11) is 0. The minimum Gasteiger partial charge on any atom is -0.390 e. The monoisotopic (exact) mass is 679 g/mol. The molecule has 10 nitrogen and oxygen atoms in total. The van der Waals surface area contributed by atoms with E-state index in [4.69, 9.17) is 0 Å². The number of alkyl halides is 2. The van der Waals surface area contributed by atoms with Crippen molar-refractivity contribution in [2.75, 3.05) is 18.4 Å². The van der Waals surface area contributed by atoms with Crippen molar-refractivity contribution in [1.82, 2.24) is 20.5 Å². The van der Waals surface area contributed by atoms with Crippen molar-refractivity contribution in [2.45, 2.75) is 102 Å². The number of carbonyl (C=O) groups is 4. The van der Waals surface area contributed by atoms with Crippen LogP contribution in [0.5, 0.6) is 0 Å². The standard InChI is InChI=1S/C33H44F3N5O5S/c1-5-26(42)39-27(30(44)41-14-12-32(4,46)13-15-41)20(3)22-10-11-24(23(34)16-22)38-29(43)28(21-8-6-19(2)7-9-21)40-31(45)33(35,36)25-17-37-18-47-25/h10-11,16-21,27-28,46H,5-9,12-15H2,1-4H3,(H,38,43)(H,39,42)(H,40,45)/t19?,20-,21?,27+,28?/m0/s1. The van der Waals surface area contributed by atoms with Crippen molar-refractivity contribution >= 4 is 40.7 Å². The highest BCUT2D eigenvalue weighted by Gasteiger charge is 2.45. The van der Waals surface area contributed by atoms with E-state index in [-0.39, 0.29) is 23.9 Å². The van der Waals surface area contributed by atoms with Gasteiger partial charge in [-0.3, -0.25) is 24.2 Å². The molecular formula is C33H44F3N5O5S. The summed E-state index contributed by atoms with van der Waals surface area (Å²) in [6.07, 6.45) is 4.36. The van der Waals surface area contributed by atoms with Gasteiger partial charge in [0.1, 0.15) is 22.8 Å². The van der Waals surface area contributed by atoms with Gasteiger partial charge in [-0.25, -0.2) is 4.39 Å². The summed E-state index contributed by atoms with van der Waals surface area (Å²) in [4.78, 5) is 56.9. The maximum absolute atomic E-state index is 15.6. The SMILES string of the molecule is CCC(=O)N[C@@H](C(=O)N1CCC(C)(O)CC1)[C@@H](C)c1ccc(NC(=O)C(NC(=O)C(F)(F)c2cncs2)C2CCC(C)CC2)c(F)c1. The number of rotatable bonds is 11. The van der Waals surface area contributed by atoms with Gasteiger partial charge in [-0.15, -0.1) is 11.3 Å². The number of halogens is 3. The van der Waals surface area contributed by atoms with E-state index in [1.807, 2.05) is 0 Å². The summed E-state index contributed by atoms with van der Waals surface area (Å²) >= 11 is 0.625. The Morgan fingerprint density at radius 3 is 2.36 bits per heavy atom. The molecule has 2 aliphatic rings. The summed E-state index contributed by atoms with van der Waals surface area (Å²) in [6, 6.07) is 1.67. The zero-order valence-electron chi connectivity index (χ0n) is 27.2. The second kappa shape index (κ2) is 15.1. The van der Waals surface area contributed by atoms with Crippen LogP contribution in [-0.4, -0.2) is 69.4 Å². The summed E-state index contributed by atoms with van der Waals surface area (Å²) in [6.45, 7) is 7.73. The predicted octanol–water partition coefficient (Wildman–Crippen LogP) is 4.70. The molecule has 0 bridgehead atoms. The maximum atomic E-state index is 15.6. The molecule has 1 aliphatic heterocycles. The average molecular weight is 680 g/mol. The number of aliphatic hydroxyl groups is 1. The van der Waals surface area contributed by atoms with Crippen molar-refractivity contribution in [2.24, 2.45) is 11.8 Å². The van der Waals surface area contributed by atoms with Gasteiger partial charge < -0.3 is 26.0 Å². The Hall–Kier alpha value is -3.52. The highest BCUT2D eigenvalue weighted by Crippen LogP contribution is 2.35. The Morgan fingerprint density at radius 2 is 1.79 bits per heavy atom. The molecule has 4 amide bonds. The fourth-order valence-electron chi connectivity index (χ4n) is 6.13. The van der Waals surface area contributed by atoms with Gasteiger partial charge in [-0.05, 0) is 62.1 Å². The maximum Gasteiger partial charge on any atom is 0.360 e. The third-order valence-electron chi connectivity index (χ3n) is 9.46. The van der Waals surface area contributed by atoms with E-state index in [0.717, 1.165) is 25.1 Å². The van der Waals surface area contributed by atoms with Crippen LogP contribution in [0.25, 0.3) is 0 Å². The van der Waals surface area contributed by atoms with Gasteiger partial charge in [0.15, 0.2) is 0 Å². The van der Waals surface area contributed by atoms with Gasteiger partial charge in [0.2, 0.25) is 17.7 Å². The number of nitrogens with one attached hydrogen (secondary N) is 3. The van der Waals surface area contributed by atoms with Gasteiger partial charge in [-0.2, -0.15) is 8.78 Å². The number of likely N-dealkylation sites (tertiary alicyclic amines) is 1. The van der Waals surface area contributed by atoms with Crippen LogP contribution >= 0.6 is 11.3 Å². The van der Waals surface area contributed by atoms with Gasteiger partial charge >= 0.3 is 5.92 Å². The molecule has 1 aromatic heterocycles. The second-order valence-corrected chi connectivity index (χ2v) is 14.0. The third kappa shape index (κ3) is 8.89. The van der Waals surface area contributed by atoms with Crippen molar-refractivity contribution in [3.63, 3.8) is 0 Å². The van der Waals surface area contributed by atoms with E-state index in [1.165, 1.54) is 17.6 Å². The van der Waals surface area contributed by atoms with Crippen LogP contribution in [0.2, 0.25) is 0 Å². The first-order chi connectivity index (χ1) is 22.1. The van der Waals surface area contributed by atoms with Gasteiger partial charge in [0.05, 0.1) is 16.8 Å². The van der Waals surface area contributed by atoms with Crippen molar-refractivity contribution in [3.05, 3.63) is 46.2 Å². The predicted molar refractivity (Wildman–Crippen MR) is 171 cm³/mol. The molecule has 47 heavy (non-hydrogen) atoms. The molecule has 14 heteroatoms. The Balaban J connectivity index is 1.52. The highest BCUT2D eigenvalue weighted by atomic mass is 32.1. The first-order valence-electron chi connectivity index (χ1n) is 16.1. The first-order valence-corrected chi connectivity index (χ1v) is 17.0. The lowest BCUT2D eigenvalue weighted by atomic mass is 9.79. The van der Waals surface area contributed by atoms with Gasteiger partial charge in [-0.1, -0.05) is 39.7 Å². The second-order valence-electron chi connectivity index (χ2n) is 13.1. The van der Waals surface area contributed by atoms with Crippen LogP contribution in [0.15, 0.2) is 29.9 Å². The first kappa shape index (κ1) is 36.3. The number of hydrogen-bond acceptors (Lipinski definition) is 7. The van der Waals surface area contributed by atoms with Crippen LogP contribution in [0.1, 0.15) is 89.0 Å². The van der Waals surface area contributed by atoms with E-state index in [2.05, 4.69) is 27.9 Å². The molecular weight excluding hydrogens is 635 g/mol. The summed E-state index contributed by atoms with van der Waals surface area (Å²) < 4.78 is 45.4. The Labute approximate surface area is 276 Å². The number of benzene rings is 1. The topological polar surface area (TPSA) is 141 Å². The molecule has 258 valence electrons. The number of hydrogen-bond donors (Lipinski definition) is 4. The fourth-order valence-corrected chi connectivity index (χ4v) is 6.73. The van der Waals surface area contributed by atoms with Crippen molar-refractivity contribution in [1.29, 1.82) is 0 Å². The minimum atomic E-state index is -3.90. The lowest BCUT2D eigenvalue weighted by Gasteiger charge is -2.38. The van der Waals surface area contributed by atoms with Crippen molar-refractivity contribution < 1.29 is 37.5 Å². The van der Waals surface area contributed by atoms with Crippen LogP contribution in [0, 0.1) is 17.7 Å². The fraction of sp³-hybridized carbons (Fsp3) is 0.606. The van der Waals surface area contributed by atoms with E-state index in [9.17, 15) is 33.1 Å². The molecule has 1 unspecified atom stereocenters. The molecule has 1 aromatic carbocycles. The van der Waals surface area contributed by atoms with Crippen LogP contribution in [-0.2, 0) is 25.1 Å². The minimum absolute atomic E-state index is 0.137. The molecule has 2 fully saturated rings. The number of anilines is 1. The van der Waals surface area contributed by atoms with Crippen LogP contribution in [0.3, 0.4) is 0 Å². The molecule has 1 saturated carbocycles. The molecule has 3 atom stereocenters. The molecule has 2 heterocycles. The number of thiazole rings is 1. The summed E-state index contributed by atoms with van der Waals surface area (Å²) in [5.41, 5.74) is 0.469. The van der Waals surface area contributed by atoms with E-state index < -0.39 is 58.0 Å². The number of amides is 4. The number of piperidine rings is 1. The third-order valence-corrected chi connectivity index (χ3v) is 10.3. The zero-order valence-corrected chi connectivity index (χ0v) is 28.0. The van der Waals surface area contributed by atoms with Gasteiger partial charge in [0.25, 0.3) is 5.91 Å². The average Bonchev–Trinajstić information content (AvgIpc) is 3.59. The smallest absolute Gasteiger partial charge is 0.360 e.